The van der Waals surface area contributed by atoms with Crippen LogP contribution < -0.4 is 20.1 Å². The maximum absolute atomic E-state index is 12.3. The van der Waals surface area contributed by atoms with Crippen molar-refractivity contribution in [3.05, 3.63) is 71.4 Å². The monoisotopic (exact) mass is 382 g/mol. The van der Waals surface area contributed by atoms with Gasteiger partial charge in [-0.15, -0.1) is 0 Å². The second-order valence-electron chi connectivity index (χ2n) is 6.39. The van der Waals surface area contributed by atoms with Crippen LogP contribution in [0.3, 0.4) is 0 Å². The lowest BCUT2D eigenvalue weighted by Gasteiger charge is -2.12. The first kappa shape index (κ1) is 21.0. The second-order valence-corrected chi connectivity index (χ2v) is 6.39. The molecule has 0 unspecified atom stereocenters. The molecule has 0 aliphatic rings. The Morgan fingerprint density at radius 3 is 2.54 bits per heavy atom. The van der Waals surface area contributed by atoms with Gasteiger partial charge in [-0.1, -0.05) is 24.8 Å². The molecule has 0 aliphatic carbocycles. The molecule has 0 spiro atoms. The van der Waals surface area contributed by atoms with E-state index >= 15 is 0 Å². The van der Waals surface area contributed by atoms with Crippen molar-refractivity contribution < 1.29 is 19.1 Å². The highest BCUT2D eigenvalue weighted by atomic mass is 16.5. The number of aryl methyl sites for hydroxylation is 2. The summed E-state index contributed by atoms with van der Waals surface area (Å²) in [4.78, 5) is 24.2. The predicted octanol–water partition coefficient (Wildman–Crippen LogP) is 3.14. The third kappa shape index (κ3) is 6.16. The zero-order valence-corrected chi connectivity index (χ0v) is 16.5. The number of carbonyl (C=O) groups is 2. The predicted molar refractivity (Wildman–Crippen MR) is 109 cm³/mol. The fourth-order valence-electron chi connectivity index (χ4n) is 2.48. The molecule has 0 bridgehead atoms. The highest BCUT2D eigenvalue weighted by Gasteiger charge is 2.12. The van der Waals surface area contributed by atoms with E-state index in [1.54, 1.807) is 24.3 Å². The van der Waals surface area contributed by atoms with E-state index in [4.69, 9.17) is 9.47 Å². The summed E-state index contributed by atoms with van der Waals surface area (Å²) in [5.41, 5.74) is 3.22. The van der Waals surface area contributed by atoms with Crippen LogP contribution in [0, 0.1) is 13.8 Å². The Morgan fingerprint density at radius 1 is 1.07 bits per heavy atom. The normalized spacial score (nSPS) is 10.1. The van der Waals surface area contributed by atoms with Crippen molar-refractivity contribution in [3.63, 3.8) is 0 Å². The average Bonchev–Trinajstić information content (AvgIpc) is 2.68. The van der Waals surface area contributed by atoms with E-state index in [-0.39, 0.29) is 18.4 Å². The molecule has 0 saturated heterocycles. The highest BCUT2D eigenvalue weighted by molar-refractivity contribution is 5.97. The highest BCUT2D eigenvalue weighted by Crippen LogP contribution is 2.17. The molecule has 0 radical (unpaired) electrons. The van der Waals surface area contributed by atoms with E-state index in [9.17, 15) is 9.59 Å². The molecule has 0 aromatic heterocycles. The van der Waals surface area contributed by atoms with Crippen LogP contribution in [0.25, 0.3) is 0 Å². The molecular weight excluding hydrogens is 356 g/mol. The van der Waals surface area contributed by atoms with Gasteiger partial charge in [-0.3, -0.25) is 9.59 Å². The standard InChI is InChI=1S/C22H26N2O4/c1-15-9-10-18(13-16(15)2)28-14-21(25)23-12-11-17(3)24-22(26)19-7-5-6-8-20(19)27-4/h5-10,13H,3,11-12,14H2,1-2,4H3,(H,23,25)(H,24,26). The van der Waals surface area contributed by atoms with Gasteiger partial charge in [-0.25, -0.2) is 0 Å². The third-order valence-corrected chi connectivity index (χ3v) is 4.24. The van der Waals surface area contributed by atoms with Crippen LogP contribution in [0.1, 0.15) is 27.9 Å². The number of amides is 2. The number of rotatable bonds is 9. The summed E-state index contributed by atoms with van der Waals surface area (Å²) < 4.78 is 10.7. The Bertz CT molecular complexity index is 861. The first-order chi connectivity index (χ1) is 13.4. The molecule has 0 fully saturated rings. The van der Waals surface area contributed by atoms with Gasteiger partial charge in [0.15, 0.2) is 6.61 Å². The lowest BCUT2D eigenvalue weighted by atomic mass is 10.1. The average molecular weight is 382 g/mol. The zero-order valence-electron chi connectivity index (χ0n) is 16.5. The van der Waals surface area contributed by atoms with Gasteiger partial charge in [-0.05, 0) is 49.2 Å². The molecule has 28 heavy (non-hydrogen) atoms. The summed E-state index contributed by atoms with van der Waals surface area (Å²) in [6.45, 7) is 8.12. The zero-order chi connectivity index (χ0) is 20.5. The first-order valence-electron chi connectivity index (χ1n) is 8.99. The van der Waals surface area contributed by atoms with Crippen molar-refractivity contribution >= 4 is 11.8 Å². The molecule has 148 valence electrons. The van der Waals surface area contributed by atoms with Crippen LogP contribution >= 0.6 is 0 Å². The number of methoxy groups -OCH3 is 1. The van der Waals surface area contributed by atoms with Crippen LogP contribution in [-0.2, 0) is 4.79 Å². The fraction of sp³-hybridized carbons (Fsp3) is 0.273. The summed E-state index contributed by atoms with van der Waals surface area (Å²) in [5, 5.41) is 5.46. The Labute approximate surface area is 165 Å². The molecule has 0 heterocycles. The van der Waals surface area contributed by atoms with Crippen molar-refractivity contribution in [2.45, 2.75) is 20.3 Å². The van der Waals surface area contributed by atoms with Crippen LogP contribution in [0.15, 0.2) is 54.7 Å². The number of ether oxygens (including phenoxy) is 2. The second kappa shape index (κ2) is 10.2. The van der Waals surface area contributed by atoms with E-state index in [1.807, 2.05) is 32.0 Å². The van der Waals surface area contributed by atoms with Crippen LogP contribution in [0.2, 0.25) is 0 Å². The minimum absolute atomic E-state index is 0.0669. The smallest absolute Gasteiger partial charge is 0.259 e. The van der Waals surface area contributed by atoms with Crippen molar-refractivity contribution in [2.24, 2.45) is 0 Å². The topological polar surface area (TPSA) is 76.7 Å². The van der Waals surface area contributed by atoms with E-state index in [2.05, 4.69) is 17.2 Å². The van der Waals surface area contributed by atoms with Crippen molar-refractivity contribution in [2.75, 3.05) is 20.3 Å². The maximum atomic E-state index is 12.3. The number of para-hydroxylation sites is 1. The molecule has 2 aromatic carbocycles. The summed E-state index contributed by atoms with van der Waals surface area (Å²) in [5.74, 6) is 0.616. The molecule has 2 amide bonds. The molecule has 2 rings (SSSR count). The number of carbonyl (C=O) groups excluding carboxylic acids is 2. The molecule has 2 aromatic rings. The van der Waals surface area contributed by atoms with Gasteiger partial charge in [0.05, 0.1) is 12.7 Å². The van der Waals surface area contributed by atoms with Gasteiger partial charge in [0.1, 0.15) is 11.5 Å². The van der Waals surface area contributed by atoms with Crippen LogP contribution in [0.5, 0.6) is 11.5 Å². The number of benzene rings is 2. The number of hydrogen-bond donors (Lipinski definition) is 2. The minimum Gasteiger partial charge on any atom is -0.496 e. The summed E-state index contributed by atoms with van der Waals surface area (Å²) in [7, 11) is 1.51. The van der Waals surface area contributed by atoms with Crippen molar-refractivity contribution in [1.82, 2.24) is 10.6 Å². The lowest BCUT2D eigenvalue weighted by molar-refractivity contribution is -0.123. The van der Waals surface area contributed by atoms with Gasteiger partial charge in [-0.2, -0.15) is 0 Å². The molecule has 6 heteroatoms. The number of nitrogens with one attached hydrogen (secondary N) is 2. The van der Waals surface area contributed by atoms with Gasteiger partial charge < -0.3 is 20.1 Å². The van der Waals surface area contributed by atoms with E-state index in [1.165, 1.54) is 12.7 Å². The molecule has 2 N–H and O–H groups in total. The Hall–Kier alpha value is -3.28. The van der Waals surface area contributed by atoms with Gasteiger partial charge >= 0.3 is 0 Å². The Morgan fingerprint density at radius 2 is 1.82 bits per heavy atom. The number of hydrogen-bond acceptors (Lipinski definition) is 4. The quantitative estimate of drug-likeness (QED) is 0.699. The molecule has 6 nitrogen and oxygen atoms in total. The summed E-state index contributed by atoms with van der Waals surface area (Å²) in [6, 6.07) is 12.6. The van der Waals surface area contributed by atoms with Gasteiger partial charge in [0.25, 0.3) is 11.8 Å². The van der Waals surface area contributed by atoms with Crippen molar-refractivity contribution in [3.8, 4) is 11.5 Å². The van der Waals surface area contributed by atoms with E-state index < -0.39 is 0 Å². The summed E-state index contributed by atoms with van der Waals surface area (Å²) >= 11 is 0. The fourth-order valence-corrected chi connectivity index (χ4v) is 2.48. The van der Waals surface area contributed by atoms with E-state index in [0.29, 0.717) is 35.7 Å². The van der Waals surface area contributed by atoms with Gasteiger partial charge in [0, 0.05) is 18.7 Å². The van der Waals surface area contributed by atoms with Crippen molar-refractivity contribution in [1.29, 1.82) is 0 Å². The Balaban J connectivity index is 1.71. The molecule has 0 saturated carbocycles. The molecule has 0 aliphatic heterocycles. The van der Waals surface area contributed by atoms with Gasteiger partial charge in [0.2, 0.25) is 0 Å². The van der Waals surface area contributed by atoms with Crippen LogP contribution in [-0.4, -0.2) is 32.1 Å². The minimum atomic E-state index is -0.299. The third-order valence-electron chi connectivity index (χ3n) is 4.24. The summed E-state index contributed by atoms with van der Waals surface area (Å²) in [6.07, 6.45) is 0.413. The van der Waals surface area contributed by atoms with E-state index in [0.717, 1.165) is 5.56 Å². The van der Waals surface area contributed by atoms with Crippen LogP contribution in [0.4, 0.5) is 0 Å². The molecular formula is C22H26N2O4. The molecule has 0 atom stereocenters. The first-order valence-corrected chi connectivity index (χ1v) is 8.99. The SMILES string of the molecule is C=C(CCNC(=O)COc1ccc(C)c(C)c1)NC(=O)c1ccccc1OC. The Kier molecular flexibility index (Phi) is 7.63. The largest absolute Gasteiger partial charge is 0.496 e. The maximum Gasteiger partial charge on any atom is 0.259 e. The lowest BCUT2D eigenvalue weighted by Crippen LogP contribution is -2.31.